The van der Waals surface area contributed by atoms with Crippen LogP contribution >= 0.6 is 0 Å². The van der Waals surface area contributed by atoms with Gasteiger partial charge in [-0.05, 0) is 31.7 Å². The van der Waals surface area contributed by atoms with Gasteiger partial charge in [0.15, 0.2) is 0 Å². The van der Waals surface area contributed by atoms with Crippen LogP contribution in [0.2, 0.25) is 0 Å². The fraction of sp³-hybridized carbons (Fsp3) is 0.909. The fourth-order valence-corrected chi connectivity index (χ4v) is 2.26. The zero-order valence-corrected chi connectivity index (χ0v) is 9.21. The van der Waals surface area contributed by atoms with E-state index in [1.165, 1.54) is 0 Å². The number of rotatable bonds is 2. The van der Waals surface area contributed by atoms with Gasteiger partial charge in [0.2, 0.25) is 5.91 Å². The molecule has 0 unspecified atom stereocenters. The number of amides is 1. The van der Waals surface area contributed by atoms with E-state index in [0.29, 0.717) is 12.5 Å². The van der Waals surface area contributed by atoms with Crippen LogP contribution in [0.3, 0.4) is 0 Å². The Hall–Kier alpha value is -0.610. The van der Waals surface area contributed by atoms with Gasteiger partial charge in [-0.15, -0.1) is 0 Å². The summed E-state index contributed by atoms with van der Waals surface area (Å²) in [6.45, 7) is 5.07. The summed E-state index contributed by atoms with van der Waals surface area (Å²) in [5.41, 5.74) is 0. The molecule has 2 fully saturated rings. The van der Waals surface area contributed by atoms with Crippen molar-refractivity contribution in [2.75, 3.05) is 39.4 Å². The molecule has 0 bridgehead atoms. The third-order valence-electron chi connectivity index (χ3n) is 3.23. The van der Waals surface area contributed by atoms with E-state index in [0.717, 1.165) is 52.1 Å². The highest BCUT2D eigenvalue weighted by molar-refractivity contribution is 5.78. The van der Waals surface area contributed by atoms with Crippen LogP contribution in [0.5, 0.6) is 0 Å². The van der Waals surface area contributed by atoms with Crippen molar-refractivity contribution in [1.29, 1.82) is 0 Å². The first-order valence-corrected chi connectivity index (χ1v) is 5.92. The van der Waals surface area contributed by atoms with E-state index in [1.807, 2.05) is 4.90 Å². The number of carbonyl (C=O) groups excluding carboxylic acids is 1. The molecule has 4 nitrogen and oxygen atoms in total. The zero-order valence-electron chi connectivity index (χ0n) is 9.21. The molecule has 4 heteroatoms. The molecule has 2 aliphatic rings. The lowest BCUT2D eigenvalue weighted by Gasteiger charge is -2.28. The average molecular weight is 212 g/mol. The summed E-state index contributed by atoms with van der Waals surface area (Å²) in [4.78, 5) is 13.7. The summed E-state index contributed by atoms with van der Waals surface area (Å²) in [6.07, 6.45) is 3.30. The highest BCUT2D eigenvalue weighted by atomic mass is 16.5. The van der Waals surface area contributed by atoms with Gasteiger partial charge in [0.25, 0.3) is 0 Å². The van der Waals surface area contributed by atoms with Gasteiger partial charge in [-0.2, -0.15) is 0 Å². The van der Waals surface area contributed by atoms with Crippen molar-refractivity contribution in [1.82, 2.24) is 10.2 Å². The Kier molecular flexibility index (Phi) is 3.97. The van der Waals surface area contributed by atoms with Gasteiger partial charge in [-0.25, -0.2) is 0 Å². The second-order valence-electron chi connectivity index (χ2n) is 4.43. The van der Waals surface area contributed by atoms with Crippen molar-refractivity contribution < 1.29 is 9.53 Å². The summed E-state index contributed by atoms with van der Waals surface area (Å²) in [7, 11) is 0. The van der Waals surface area contributed by atoms with Crippen LogP contribution in [0.4, 0.5) is 0 Å². The number of hydrogen-bond acceptors (Lipinski definition) is 3. The molecule has 1 N–H and O–H groups in total. The van der Waals surface area contributed by atoms with Crippen LogP contribution in [-0.4, -0.2) is 50.2 Å². The number of hydrogen-bond donors (Lipinski definition) is 1. The Morgan fingerprint density at radius 1 is 1.40 bits per heavy atom. The quantitative estimate of drug-likeness (QED) is 0.712. The maximum atomic E-state index is 11.7. The van der Waals surface area contributed by atoms with Crippen LogP contribution in [0.1, 0.15) is 19.3 Å². The van der Waals surface area contributed by atoms with Gasteiger partial charge in [-0.1, -0.05) is 0 Å². The van der Waals surface area contributed by atoms with E-state index in [-0.39, 0.29) is 5.91 Å². The highest BCUT2D eigenvalue weighted by Crippen LogP contribution is 2.16. The van der Waals surface area contributed by atoms with E-state index >= 15 is 0 Å². The van der Waals surface area contributed by atoms with Crippen molar-refractivity contribution in [2.45, 2.75) is 19.3 Å². The second kappa shape index (κ2) is 5.47. The van der Waals surface area contributed by atoms with E-state index in [1.54, 1.807) is 0 Å². The van der Waals surface area contributed by atoms with Crippen LogP contribution < -0.4 is 5.32 Å². The lowest BCUT2D eigenvalue weighted by molar-refractivity contribution is -0.130. The molecule has 0 saturated carbocycles. The molecule has 0 aromatic rings. The van der Waals surface area contributed by atoms with Crippen LogP contribution in [0, 0.1) is 5.92 Å². The summed E-state index contributed by atoms with van der Waals surface area (Å²) in [5, 5.41) is 3.15. The maximum Gasteiger partial charge on any atom is 0.236 e. The predicted molar refractivity (Wildman–Crippen MR) is 57.6 cm³/mol. The standard InChI is InChI=1S/C11H20N2O2/c14-11-8-12-4-1-5-13(11)9-10-2-6-15-7-3-10/h10,12H,1-9H2. The summed E-state index contributed by atoms with van der Waals surface area (Å²) >= 11 is 0. The molecule has 0 radical (unpaired) electrons. The summed E-state index contributed by atoms with van der Waals surface area (Å²) in [5.74, 6) is 0.916. The molecule has 0 atom stereocenters. The molecular weight excluding hydrogens is 192 g/mol. The van der Waals surface area contributed by atoms with Crippen molar-refractivity contribution >= 4 is 5.91 Å². The third kappa shape index (κ3) is 3.18. The molecule has 2 saturated heterocycles. The summed E-state index contributed by atoms with van der Waals surface area (Å²) < 4.78 is 5.32. The van der Waals surface area contributed by atoms with Gasteiger partial charge >= 0.3 is 0 Å². The minimum Gasteiger partial charge on any atom is -0.381 e. The highest BCUT2D eigenvalue weighted by Gasteiger charge is 2.21. The van der Waals surface area contributed by atoms with Crippen LogP contribution in [0.25, 0.3) is 0 Å². The zero-order chi connectivity index (χ0) is 10.5. The molecule has 2 aliphatic heterocycles. The lowest BCUT2D eigenvalue weighted by atomic mass is 9.99. The Balaban J connectivity index is 1.82. The minimum absolute atomic E-state index is 0.263. The van der Waals surface area contributed by atoms with E-state index < -0.39 is 0 Å². The van der Waals surface area contributed by atoms with Crippen molar-refractivity contribution in [3.05, 3.63) is 0 Å². The Morgan fingerprint density at radius 2 is 2.20 bits per heavy atom. The van der Waals surface area contributed by atoms with Crippen molar-refractivity contribution in [3.63, 3.8) is 0 Å². The third-order valence-corrected chi connectivity index (χ3v) is 3.23. The SMILES string of the molecule is O=C1CNCCCN1CC1CCOCC1. The summed E-state index contributed by atoms with van der Waals surface area (Å²) in [6, 6.07) is 0. The first-order valence-electron chi connectivity index (χ1n) is 5.92. The number of nitrogens with one attached hydrogen (secondary N) is 1. The molecule has 0 aromatic carbocycles. The fourth-order valence-electron chi connectivity index (χ4n) is 2.26. The lowest BCUT2D eigenvalue weighted by Crippen LogP contribution is -2.39. The molecule has 0 aromatic heterocycles. The van der Waals surface area contributed by atoms with Gasteiger partial charge in [0, 0.05) is 26.3 Å². The number of ether oxygens (including phenoxy) is 1. The van der Waals surface area contributed by atoms with E-state index in [4.69, 9.17) is 4.74 Å². The normalized spacial score (nSPS) is 25.3. The molecule has 2 rings (SSSR count). The smallest absolute Gasteiger partial charge is 0.236 e. The minimum atomic E-state index is 0.263. The molecule has 86 valence electrons. The molecular formula is C11H20N2O2. The monoisotopic (exact) mass is 212 g/mol. The molecule has 2 heterocycles. The van der Waals surface area contributed by atoms with Gasteiger partial charge in [-0.3, -0.25) is 4.79 Å². The van der Waals surface area contributed by atoms with E-state index in [9.17, 15) is 4.79 Å². The van der Waals surface area contributed by atoms with Gasteiger partial charge in [0.1, 0.15) is 0 Å². The van der Waals surface area contributed by atoms with Gasteiger partial charge < -0.3 is 15.0 Å². The Labute approximate surface area is 91.0 Å². The molecule has 0 aliphatic carbocycles. The van der Waals surface area contributed by atoms with E-state index in [2.05, 4.69) is 5.32 Å². The molecule has 15 heavy (non-hydrogen) atoms. The average Bonchev–Trinajstić information content (AvgIpc) is 2.46. The topological polar surface area (TPSA) is 41.6 Å². The van der Waals surface area contributed by atoms with Crippen LogP contribution in [-0.2, 0) is 9.53 Å². The first kappa shape index (κ1) is 10.9. The predicted octanol–water partition coefficient (Wildman–Crippen LogP) is 0.235. The Bertz CT molecular complexity index is 215. The van der Waals surface area contributed by atoms with Crippen molar-refractivity contribution in [2.24, 2.45) is 5.92 Å². The second-order valence-corrected chi connectivity index (χ2v) is 4.43. The number of nitrogens with zero attached hydrogens (tertiary/aromatic N) is 1. The largest absolute Gasteiger partial charge is 0.381 e. The Morgan fingerprint density at radius 3 is 3.00 bits per heavy atom. The van der Waals surface area contributed by atoms with Gasteiger partial charge in [0.05, 0.1) is 6.54 Å². The van der Waals surface area contributed by atoms with Crippen molar-refractivity contribution in [3.8, 4) is 0 Å². The maximum absolute atomic E-state index is 11.7. The number of carbonyl (C=O) groups is 1. The molecule has 0 spiro atoms. The van der Waals surface area contributed by atoms with Crippen LogP contribution in [0.15, 0.2) is 0 Å². The molecule has 1 amide bonds. The first-order chi connectivity index (χ1) is 7.36.